The van der Waals surface area contributed by atoms with Crippen molar-refractivity contribution in [2.24, 2.45) is 0 Å². The largest absolute Gasteiger partial charge is 0.467 e. The van der Waals surface area contributed by atoms with E-state index in [0.717, 1.165) is 5.76 Å². The fourth-order valence-corrected chi connectivity index (χ4v) is 2.96. The second-order valence-corrected chi connectivity index (χ2v) is 6.57. The number of nitrogens with one attached hydrogen (secondary N) is 1. The molecular weight excluding hydrogens is 338 g/mol. The van der Waals surface area contributed by atoms with Crippen LogP contribution in [0.25, 0.3) is 0 Å². The Kier molecular flexibility index (Phi) is 5.16. The Morgan fingerprint density at radius 2 is 2.32 bits per heavy atom. The summed E-state index contributed by atoms with van der Waals surface area (Å²) in [5.41, 5.74) is 1.09. The average Bonchev–Trinajstić information content (AvgIpc) is 3.28. The fraction of sp³-hybridized carbons (Fsp3) is 0.176. The number of hydrogen-bond acceptors (Lipinski definition) is 6. The number of rotatable bonds is 6. The zero-order chi connectivity index (χ0) is 17.6. The van der Waals surface area contributed by atoms with E-state index in [1.54, 1.807) is 43.8 Å². The van der Waals surface area contributed by atoms with Crippen molar-refractivity contribution in [3.05, 3.63) is 60.3 Å². The highest BCUT2D eigenvalue weighted by Crippen LogP contribution is 2.23. The molecule has 1 aromatic carbocycles. The van der Waals surface area contributed by atoms with Gasteiger partial charge in [-0.3, -0.25) is 4.79 Å². The predicted octanol–water partition coefficient (Wildman–Crippen LogP) is 2.91. The van der Waals surface area contributed by atoms with E-state index in [0.29, 0.717) is 23.0 Å². The molecule has 1 unspecified atom stereocenters. The first-order chi connectivity index (χ1) is 12.2. The van der Waals surface area contributed by atoms with E-state index in [4.69, 9.17) is 9.68 Å². The van der Waals surface area contributed by atoms with Crippen LogP contribution in [-0.2, 0) is 11.3 Å². The molecule has 7 nitrogen and oxygen atoms in total. The summed E-state index contributed by atoms with van der Waals surface area (Å²) in [6.45, 7) is 2.29. The van der Waals surface area contributed by atoms with E-state index in [9.17, 15) is 4.79 Å². The molecule has 2 aromatic heterocycles. The topological polar surface area (TPSA) is 96.7 Å². The molecule has 0 fully saturated rings. The highest BCUT2D eigenvalue weighted by atomic mass is 32.2. The normalized spacial score (nSPS) is 11.7. The smallest absolute Gasteiger partial charge is 0.237 e. The van der Waals surface area contributed by atoms with Crippen LogP contribution in [-0.4, -0.2) is 25.9 Å². The molecule has 0 bridgehead atoms. The van der Waals surface area contributed by atoms with E-state index in [1.807, 2.05) is 22.8 Å². The second kappa shape index (κ2) is 7.68. The molecule has 1 atom stereocenters. The van der Waals surface area contributed by atoms with Crippen molar-refractivity contribution in [1.29, 1.82) is 5.26 Å². The number of aromatic nitrogens is 3. The lowest BCUT2D eigenvalue weighted by molar-refractivity contribution is -0.115. The molecule has 126 valence electrons. The Bertz CT molecular complexity index is 898. The highest BCUT2D eigenvalue weighted by Gasteiger charge is 2.18. The molecule has 0 aliphatic rings. The first-order valence-corrected chi connectivity index (χ1v) is 8.41. The summed E-state index contributed by atoms with van der Waals surface area (Å²) in [4.78, 5) is 12.4. The van der Waals surface area contributed by atoms with E-state index in [-0.39, 0.29) is 11.2 Å². The van der Waals surface area contributed by atoms with Crippen LogP contribution in [0, 0.1) is 11.3 Å². The molecule has 1 amide bonds. The number of nitrogens with zero attached hydrogens (tertiary/aromatic N) is 4. The summed E-state index contributed by atoms with van der Waals surface area (Å²) >= 11 is 1.31. The van der Waals surface area contributed by atoms with Gasteiger partial charge in [0.2, 0.25) is 5.91 Å². The van der Waals surface area contributed by atoms with Gasteiger partial charge in [0, 0.05) is 5.69 Å². The molecule has 2 heterocycles. The van der Waals surface area contributed by atoms with Gasteiger partial charge < -0.3 is 14.3 Å². The van der Waals surface area contributed by atoms with Crippen LogP contribution in [0.1, 0.15) is 18.2 Å². The minimum Gasteiger partial charge on any atom is -0.467 e. The van der Waals surface area contributed by atoms with Crippen molar-refractivity contribution in [3.8, 4) is 6.07 Å². The van der Waals surface area contributed by atoms with Crippen molar-refractivity contribution >= 4 is 23.4 Å². The van der Waals surface area contributed by atoms with Gasteiger partial charge in [0.15, 0.2) is 5.16 Å². The lowest BCUT2D eigenvalue weighted by atomic mass is 10.2. The summed E-state index contributed by atoms with van der Waals surface area (Å²) in [6.07, 6.45) is 3.21. The standard InChI is InChI=1S/C17H15N5O2S/c1-12(16(23)20-14-5-2-4-13(8-14)9-18)25-17-21-19-11-22(17)10-15-6-3-7-24-15/h2-8,11-12H,10H2,1H3,(H,20,23). The third kappa shape index (κ3) is 4.28. The minimum absolute atomic E-state index is 0.173. The number of benzene rings is 1. The Labute approximate surface area is 148 Å². The van der Waals surface area contributed by atoms with Gasteiger partial charge >= 0.3 is 0 Å². The Morgan fingerprint density at radius 1 is 1.44 bits per heavy atom. The monoisotopic (exact) mass is 353 g/mol. The van der Waals surface area contributed by atoms with Crippen LogP contribution >= 0.6 is 11.8 Å². The number of nitriles is 1. The molecule has 0 saturated carbocycles. The number of amides is 1. The summed E-state index contributed by atoms with van der Waals surface area (Å²) in [5.74, 6) is 0.611. The first kappa shape index (κ1) is 16.8. The molecular formula is C17H15N5O2S. The second-order valence-electron chi connectivity index (χ2n) is 5.26. The molecule has 1 N–H and O–H groups in total. The van der Waals surface area contributed by atoms with Gasteiger partial charge in [0.25, 0.3) is 0 Å². The third-order valence-corrected chi connectivity index (χ3v) is 4.49. The maximum atomic E-state index is 12.4. The number of carbonyl (C=O) groups is 1. The maximum absolute atomic E-state index is 12.4. The molecule has 3 rings (SSSR count). The maximum Gasteiger partial charge on any atom is 0.237 e. The number of hydrogen-bond donors (Lipinski definition) is 1. The predicted molar refractivity (Wildman–Crippen MR) is 92.9 cm³/mol. The van der Waals surface area contributed by atoms with Crippen molar-refractivity contribution in [1.82, 2.24) is 14.8 Å². The van der Waals surface area contributed by atoms with Gasteiger partial charge in [-0.25, -0.2) is 0 Å². The van der Waals surface area contributed by atoms with Gasteiger partial charge in [-0.15, -0.1) is 10.2 Å². The molecule has 8 heteroatoms. The quantitative estimate of drug-likeness (QED) is 0.684. The molecule has 0 aliphatic carbocycles. The lowest BCUT2D eigenvalue weighted by Crippen LogP contribution is -2.23. The summed E-state index contributed by atoms with van der Waals surface area (Å²) in [7, 11) is 0. The molecule has 25 heavy (non-hydrogen) atoms. The SMILES string of the molecule is CC(Sc1nncn1Cc1ccco1)C(=O)Nc1cccc(C#N)c1. The van der Waals surface area contributed by atoms with Gasteiger partial charge in [-0.1, -0.05) is 17.8 Å². The van der Waals surface area contributed by atoms with E-state index in [2.05, 4.69) is 15.5 Å². The van der Waals surface area contributed by atoms with Gasteiger partial charge in [-0.05, 0) is 37.3 Å². The summed E-state index contributed by atoms with van der Waals surface area (Å²) in [6, 6.07) is 12.5. The number of anilines is 1. The number of carbonyl (C=O) groups excluding carboxylic acids is 1. The summed E-state index contributed by atoms with van der Waals surface area (Å²) in [5, 5.41) is 19.9. The van der Waals surface area contributed by atoms with Crippen LogP contribution in [0.2, 0.25) is 0 Å². The van der Waals surface area contributed by atoms with Gasteiger partial charge in [0.05, 0.1) is 29.7 Å². The average molecular weight is 353 g/mol. The summed E-state index contributed by atoms with van der Waals surface area (Å²) < 4.78 is 7.15. The fourth-order valence-electron chi connectivity index (χ4n) is 2.14. The minimum atomic E-state index is -0.384. The Hall–Kier alpha value is -3.05. The van der Waals surface area contributed by atoms with Crippen molar-refractivity contribution in [2.75, 3.05) is 5.32 Å². The van der Waals surface area contributed by atoms with Crippen molar-refractivity contribution in [2.45, 2.75) is 23.9 Å². The zero-order valence-corrected chi connectivity index (χ0v) is 14.2. The Balaban J connectivity index is 1.64. The number of thioether (sulfide) groups is 1. The van der Waals surface area contributed by atoms with Crippen molar-refractivity contribution < 1.29 is 9.21 Å². The van der Waals surface area contributed by atoms with Crippen molar-refractivity contribution in [3.63, 3.8) is 0 Å². The van der Waals surface area contributed by atoms with Crippen LogP contribution in [0.3, 0.4) is 0 Å². The highest BCUT2D eigenvalue weighted by molar-refractivity contribution is 8.00. The molecule has 3 aromatic rings. The van der Waals surface area contributed by atoms with Gasteiger partial charge in [0.1, 0.15) is 12.1 Å². The van der Waals surface area contributed by atoms with Crippen LogP contribution in [0.4, 0.5) is 5.69 Å². The molecule has 0 aliphatic heterocycles. The van der Waals surface area contributed by atoms with Crippen LogP contribution in [0.5, 0.6) is 0 Å². The first-order valence-electron chi connectivity index (χ1n) is 7.53. The lowest BCUT2D eigenvalue weighted by Gasteiger charge is -2.12. The Morgan fingerprint density at radius 3 is 3.08 bits per heavy atom. The molecule has 0 spiro atoms. The van der Waals surface area contributed by atoms with E-state index < -0.39 is 0 Å². The molecule has 0 saturated heterocycles. The third-order valence-electron chi connectivity index (χ3n) is 3.40. The van der Waals surface area contributed by atoms with Crippen LogP contribution in [0.15, 0.2) is 58.6 Å². The van der Waals surface area contributed by atoms with Gasteiger partial charge in [-0.2, -0.15) is 5.26 Å². The van der Waals surface area contributed by atoms with E-state index in [1.165, 1.54) is 11.8 Å². The van der Waals surface area contributed by atoms with E-state index >= 15 is 0 Å². The number of furan rings is 1. The molecule has 0 radical (unpaired) electrons. The van der Waals surface area contributed by atoms with Crippen LogP contribution < -0.4 is 5.32 Å². The zero-order valence-electron chi connectivity index (χ0n) is 13.4.